The average Bonchev–Trinajstić information content (AvgIpc) is 3.40. The molecular formula is C23H24N6O4. The number of likely N-dealkylation sites (tertiary alicyclic amines) is 1. The van der Waals surface area contributed by atoms with Crippen molar-refractivity contribution < 1.29 is 19.1 Å². The van der Waals surface area contributed by atoms with Gasteiger partial charge in [-0.25, -0.2) is 9.78 Å². The van der Waals surface area contributed by atoms with Crippen LogP contribution in [0.3, 0.4) is 0 Å². The highest BCUT2D eigenvalue weighted by molar-refractivity contribution is 6.04. The van der Waals surface area contributed by atoms with E-state index in [2.05, 4.69) is 20.4 Å². The van der Waals surface area contributed by atoms with E-state index in [0.717, 1.165) is 11.3 Å². The summed E-state index contributed by atoms with van der Waals surface area (Å²) in [5.41, 5.74) is 1.17. The van der Waals surface area contributed by atoms with Crippen LogP contribution in [-0.4, -0.2) is 56.3 Å². The largest absolute Gasteiger partial charge is 0.456 e. The first kappa shape index (κ1) is 21.1. The van der Waals surface area contributed by atoms with E-state index in [1.54, 1.807) is 35.3 Å². The Labute approximate surface area is 190 Å². The van der Waals surface area contributed by atoms with Gasteiger partial charge in [0, 0.05) is 50.8 Å². The first-order chi connectivity index (χ1) is 16.0. The fraction of sp³-hybridized carbons (Fsp3) is 0.348. The molecule has 0 aliphatic carbocycles. The smallest absolute Gasteiger partial charge is 0.329 e. The van der Waals surface area contributed by atoms with E-state index >= 15 is 0 Å². The zero-order valence-electron chi connectivity index (χ0n) is 18.2. The SMILES string of the molecule is Cn1cc(-c2cc(Oc3ccc(NC(=O)N4CCC5(CCOCC5)C4=O)nc3)ccn2)cn1. The number of carbonyl (C=O) groups is 2. The van der Waals surface area contributed by atoms with Crippen LogP contribution in [0.25, 0.3) is 11.3 Å². The van der Waals surface area contributed by atoms with E-state index in [-0.39, 0.29) is 5.91 Å². The molecule has 0 aromatic carbocycles. The molecule has 1 N–H and O–H groups in total. The van der Waals surface area contributed by atoms with Gasteiger partial charge in [-0.05, 0) is 37.5 Å². The van der Waals surface area contributed by atoms with Crippen LogP contribution < -0.4 is 10.1 Å². The van der Waals surface area contributed by atoms with Crippen molar-refractivity contribution in [2.45, 2.75) is 19.3 Å². The third kappa shape index (κ3) is 4.29. The predicted molar refractivity (Wildman–Crippen MR) is 119 cm³/mol. The summed E-state index contributed by atoms with van der Waals surface area (Å²) in [5.74, 6) is 1.34. The molecule has 0 bridgehead atoms. The zero-order chi connectivity index (χ0) is 22.8. The van der Waals surface area contributed by atoms with Crippen LogP contribution in [-0.2, 0) is 16.6 Å². The number of nitrogens with zero attached hydrogens (tertiary/aromatic N) is 5. The van der Waals surface area contributed by atoms with E-state index in [1.165, 1.54) is 11.1 Å². The number of pyridine rings is 2. The maximum atomic E-state index is 12.9. The van der Waals surface area contributed by atoms with Crippen molar-refractivity contribution in [2.24, 2.45) is 12.5 Å². The van der Waals surface area contributed by atoms with Crippen LogP contribution in [0.1, 0.15) is 19.3 Å². The molecule has 3 aromatic rings. The number of nitrogens with one attached hydrogen (secondary N) is 1. The number of amides is 3. The van der Waals surface area contributed by atoms with Crippen molar-refractivity contribution in [3.05, 3.63) is 49.1 Å². The van der Waals surface area contributed by atoms with Gasteiger partial charge in [0.1, 0.15) is 17.3 Å². The fourth-order valence-electron chi connectivity index (χ4n) is 4.25. The number of aromatic nitrogens is 4. The molecule has 2 saturated heterocycles. The van der Waals surface area contributed by atoms with E-state index < -0.39 is 11.4 Å². The van der Waals surface area contributed by atoms with E-state index in [1.807, 2.05) is 19.3 Å². The number of rotatable bonds is 4. The molecular weight excluding hydrogens is 424 g/mol. The Morgan fingerprint density at radius 3 is 2.70 bits per heavy atom. The molecule has 5 rings (SSSR count). The second kappa shape index (κ2) is 8.62. The first-order valence-electron chi connectivity index (χ1n) is 10.8. The summed E-state index contributed by atoms with van der Waals surface area (Å²) in [6.07, 6.45) is 8.80. The first-order valence-corrected chi connectivity index (χ1v) is 10.8. The third-order valence-electron chi connectivity index (χ3n) is 6.15. The van der Waals surface area contributed by atoms with Crippen LogP contribution in [0.15, 0.2) is 49.1 Å². The summed E-state index contributed by atoms with van der Waals surface area (Å²) >= 11 is 0. The van der Waals surface area contributed by atoms with Gasteiger partial charge in [-0.2, -0.15) is 5.10 Å². The second-order valence-corrected chi connectivity index (χ2v) is 8.29. The molecule has 2 aliphatic heterocycles. The van der Waals surface area contributed by atoms with Crippen LogP contribution >= 0.6 is 0 Å². The normalized spacial score (nSPS) is 17.4. The van der Waals surface area contributed by atoms with Gasteiger partial charge >= 0.3 is 6.03 Å². The monoisotopic (exact) mass is 448 g/mol. The topological polar surface area (TPSA) is 111 Å². The molecule has 0 radical (unpaired) electrons. The number of aryl methyl sites for hydroxylation is 1. The molecule has 10 nitrogen and oxygen atoms in total. The number of anilines is 1. The lowest BCUT2D eigenvalue weighted by Crippen LogP contribution is -2.42. The van der Waals surface area contributed by atoms with Crippen LogP contribution in [0, 0.1) is 5.41 Å². The molecule has 2 fully saturated rings. The average molecular weight is 448 g/mol. The molecule has 33 heavy (non-hydrogen) atoms. The number of imide groups is 1. The van der Waals surface area contributed by atoms with Gasteiger partial charge in [0.05, 0.1) is 23.5 Å². The van der Waals surface area contributed by atoms with Crippen molar-refractivity contribution >= 4 is 17.8 Å². The van der Waals surface area contributed by atoms with Crippen LogP contribution in [0.4, 0.5) is 10.6 Å². The molecule has 0 saturated carbocycles. The lowest BCUT2D eigenvalue weighted by Gasteiger charge is -2.31. The summed E-state index contributed by atoms with van der Waals surface area (Å²) in [7, 11) is 1.85. The van der Waals surface area contributed by atoms with Gasteiger partial charge in [0.25, 0.3) is 0 Å². The highest BCUT2D eigenvalue weighted by atomic mass is 16.5. The molecule has 5 heterocycles. The highest BCUT2D eigenvalue weighted by Gasteiger charge is 2.49. The van der Waals surface area contributed by atoms with Crippen molar-refractivity contribution in [1.29, 1.82) is 0 Å². The molecule has 1 spiro atoms. The van der Waals surface area contributed by atoms with Gasteiger partial charge in [0.2, 0.25) is 5.91 Å². The predicted octanol–water partition coefficient (Wildman–Crippen LogP) is 3.23. The number of ether oxygens (including phenoxy) is 2. The highest BCUT2D eigenvalue weighted by Crippen LogP contribution is 2.41. The van der Waals surface area contributed by atoms with Crippen molar-refractivity contribution in [1.82, 2.24) is 24.6 Å². The minimum absolute atomic E-state index is 0.120. The summed E-state index contributed by atoms with van der Waals surface area (Å²) in [5, 5.41) is 6.87. The van der Waals surface area contributed by atoms with E-state index in [9.17, 15) is 9.59 Å². The molecule has 0 atom stereocenters. The molecule has 2 aliphatic rings. The Morgan fingerprint density at radius 2 is 1.97 bits per heavy atom. The van der Waals surface area contributed by atoms with Crippen LogP contribution in [0.5, 0.6) is 11.5 Å². The van der Waals surface area contributed by atoms with Gasteiger partial charge in [-0.3, -0.25) is 24.7 Å². The fourth-order valence-corrected chi connectivity index (χ4v) is 4.25. The molecule has 170 valence electrons. The van der Waals surface area contributed by atoms with Gasteiger partial charge in [-0.15, -0.1) is 0 Å². The van der Waals surface area contributed by atoms with E-state index in [0.29, 0.717) is 56.3 Å². The minimum Gasteiger partial charge on any atom is -0.456 e. The molecule has 0 unspecified atom stereocenters. The number of hydrogen-bond donors (Lipinski definition) is 1. The number of urea groups is 1. The third-order valence-corrected chi connectivity index (χ3v) is 6.15. The van der Waals surface area contributed by atoms with Gasteiger partial charge in [-0.1, -0.05) is 0 Å². The van der Waals surface area contributed by atoms with Gasteiger partial charge < -0.3 is 9.47 Å². The minimum atomic E-state index is -0.459. The molecule has 3 amide bonds. The summed E-state index contributed by atoms with van der Waals surface area (Å²) < 4.78 is 13.0. The lowest BCUT2D eigenvalue weighted by atomic mass is 9.79. The molecule has 10 heteroatoms. The summed E-state index contributed by atoms with van der Waals surface area (Å²) in [6.45, 7) is 1.53. The summed E-state index contributed by atoms with van der Waals surface area (Å²) in [4.78, 5) is 35.4. The Morgan fingerprint density at radius 1 is 1.12 bits per heavy atom. The zero-order valence-corrected chi connectivity index (χ0v) is 18.2. The van der Waals surface area contributed by atoms with Crippen molar-refractivity contribution in [3.8, 4) is 22.8 Å². The van der Waals surface area contributed by atoms with Crippen molar-refractivity contribution in [3.63, 3.8) is 0 Å². The number of hydrogen-bond acceptors (Lipinski definition) is 7. The van der Waals surface area contributed by atoms with Crippen molar-refractivity contribution in [2.75, 3.05) is 25.1 Å². The second-order valence-electron chi connectivity index (χ2n) is 8.29. The van der Waals surface area contributed by atoms with Crippen LogP contribution in [0.2, 0.25) is 0 Å². The Bertz CT molecular complexity index is 1170. The standard InChI is InChI=1S/C23H24N6O4/c1-28-15-16(13-26-28)19-12-17(4-8-24-19)33-18-2-3-20(25-14-18)27-22(31)29-9-5-23(21(29)30)6-10-32-11-7-23/h2-4,8,12-15H,5-7,9-11H2,1H3,(H,25,27,31). The lowest BCUT2D eigenvalue weighted by molar-refractivity contribution is -0.138. The maximum Gasteiger partial charge on any atom is 0.329 e. The summed E-state index contributed by atoms with van der Waals surface area (Å²) in [6, 6.07) is 6.46. The number of carbonyl (C=O) groups excluding carboxylic acids is 2. The Hall–Kier alpha value is -3.79. The quantitative estimate of drug-likeness (QED) is 0.652. The maximum absolute atomic E-state index is 12.9. The van der Waals surface area contributed by atoms with Gasteiger partial charge in [0.15, 0.2) is 0 Å². The van der Waals surface area contributed by atoms with E-state index in [4.69, 9.17) is 9.47 Å². The Kier molecular flexibility index (Phi) is 5.51. The Balaban J connectivity index is 1.21. The molecule has 3 aromatic heterocycles.